The molecule has 112 valence electrons. The van der Waals surface area contributed by atoms with Gasteiger partial charge in [-0.15, -0.1) is 0 Å². The van der Waals surface area contributed by atoms with Crippen molar-refractivity contribution >= 4 is 9.84 Å². The van der Waals surface area contributed by atoms with Crippen LogP contribution >= 0.6 is 0 Å². The molecular weight excluding hydrogens is 260 g/mol. The molecule has 4 nitrogen and oxygen atoms in total. The number of sulfone groups is 1. The lowest BCUT2D eigenvalue weighted by Crippen LogP contribution is -2.58. The van der Waals surface area contributed by atoms with E-state index in [1.165, 1.54) is 25.7 Å². The monoisotopic (exact) mass is 288 g/mol. The summed E-state index contributed by atoms with van der Waals surface area (Å²) in [4.78, 5) is 2.45. The van der Waals surface area contributed by atoms with Crippen LogP contribution in [0.4, 0.5) is 0 Å². The zero-order chi connectivity index (χ0) is 13.9. The van der Waals surface area contributed by atoms with Gasteiger partial charge >= 0.3 is 0 Å². The summed E-state index contributed by atoms with van der Waals surface area (Å²) in [6.07, 6.45) is 5.02. The van der Waals surface area contributed by atoms with Crippen molar-refractivity contribution in [3.63, 3.8) is 0 Å². The minimum atomic E-state index is -2.84. The molecule has 2 rings (SSSR count). The fourth-order valence-corrected chi connectivity index (χ4v) is 3.85. The Morgan fingerprint density at radius 2 is 2.00 bits per heavy atom. The van der Waals surface area contributed by atoms with E-state index in [0.717, 1.165) is 25.6 Å². The van der Waals surface area contributed by atoms with Crippen molar-refractivity contribution in [2.75, 3.05) is 31.1 Å². The molecular formula is C14H28N2O2S. The van der Waals surface area contributed by atoms with Crippen LogP contribution in [0.5, 0.6) is 0 Å². The molecule has 2 atom stereocenters. The van der Waals surface area contributed by atoms with Gasteiger partial charge in [0, 0.05) is 37.5 Å². The average Bonchev–Trinajstić information content (AvgIpc) is 3.21. The Morgan fingerprint density at radius 3 is 2.58 bits per heavy atom. The highest BCUT2D eigenvalue weighted by atomic mass is 32.2. The van der Waals surface area contributed by atoms with E-state index in [9.17, 15) is 8.42 Å². The minimum absolute atomic E-state index is 0.269. The highest BCUT2D eigenvalue weighted by Gasteiger charge is 2.38. The van der Waals surface area contributed by atoms with Crippen molar-refractivity contribution in [1.82, 2.24) is 10.2 Å². The van der Waals surface area contributed by atoms with E-state index in [0.29, 0.717) is 17.8 Å². The van der Waals surface area contributed by atoms with Gasteiger partial charge in [-0.2, -0.15) is 0 Å². The van der Waals surface area contributed by atoms with Crippen molar-refractivity contribution in [3.05, 3.63) is 0 Å². The molecule has 2 aliphatic rings. The van der Waals surface area contributed by atoms with Crippen molar-refractivity contribution in [3.8, 4) is 0 Å². The standard InChI is InChI=1S/C14H28N2O2S/c1-3-5-13-11-16(8-9-19(17,18)4-2)14(10-15-13)12-6-7-12/h12-15H,3-11H2,1-2H3. The van der Waals surface area contributed by atoms with Crippen LogP contribution in [-0.4, -0.2) is 56.5 Å². The van der Waals surface area contributed by atoms with Crippen LogP contribution in [0, 0.1) is 5.92 Å². The van der Waals surface area contributed by atoms with Crippen LogP contribution in [0.1, 0.15) is 39.5 Å². The van der Waals surface area contributed by atoms with E-state index in [4.69, 9.17) is 0 Å². The highest BCUT2D eigenvalue weighted by Crippen LogP contribution is 2.36. The lowest BCUT2D eigenvalue weighted by molar-refractivity contribution is 0.119. The molecule has 1 heterocycles. The van der Waals surface area contributed by atoms with Gasteiger partial charge in [-0.1, -0.05) is 20.3 Å². The minimum Gasteiger partial charge on any atom is -0.311 e. The maximum Gasteiger partial charge on any atom is 0.151 e. The Bertz CT molecular complexity index is 379. The second-order valence-corrected chi connectivity index (χ2v) is 8.50. The van der Waals surface area contributed by atoms with Crippen LogP contribution in [-0.2, 0) is 9.84 Å². The molecule has 2 unspecified atom stereocenters. The predicted octanol–water partition coefficient (Wildman–Crippen LogP) is 1.27. The summed E-state index contributed by atoms with van der Waals surface area (Å²) in [5, 5.41) is 3.64. The molecule has 1 N–H and O–H groups in total. The van der Waals surface area contributed by atoms with Gasteiger partial charge in [-0.25, -0.2) is 8.42 Å². The Balaban J connectivity index is 1.91. The number of hydrogen-bond acceptors (Lipinski definition) is 4. The van der Waals surface area contributed by atoms with Crippen LogP contribution in [0.15, 0.2) is 0 Å². The first-order valence-electron chi connectivity index (χ1n) is 7.73. The Morgan fingerprint density at radius 1 is 1.26 bits per heavy atom. The number of nitrogens with zero attached hydrogens (tertiary/aromatic N) is 1. The Kier molecular flexibility index (Phi) is 5.26. The van der Waals surface area contributed by atoms with E-state index >= 15 is 0 Å². The highest BCUT2D eigenvalue weighted by molar-refractivity contribution is 7.91. The van der Waals surface area contributed by atoms with E-state index in [-0.39, 0.29) is 5.75 Å². The van der Waals surface area contributed by atoms with Crippen molar-refractivity contribution in [1.29, 1.82) is 0 Å². The second-order valence-electron chi connectivity index (χ2n) is 6.03. The number of piperazine rings is 1. The fourth-order valence-electron chi connectivity index (χ4n) is 3.04. The summed E-state index contributed by atoms with van der Waals surface area (Å²) < 4.78 is 23.4. The van der Waals surface area contributed by atoms with Crippen molar-refractivity contribution < 1.29 is 8.42 Å². The number of hydrogen-bond donors (Lipinski definition) is 1. The summed E-state index contributed by atoms with van der Waals surface area (Å²) >= 11 is 0. The molecule has 19 heavy (non-hydrogen) atoms. The van der Waals surface area contributed by atoms with E-state index < -0.39 is 9.84 Å². The predicted molar refractivity (Wildman–Crippen MR) is 79.1 cm³/mol. The molecule has 0 aromatic rings. The zero-order valence-electron chi connectivity index (χ0n) is 12.3. The third kappa shape index (κ3) is 4.43. The maximum atomic E-state index is 11.7. The quantitative estimate of drug-likeness (QED) is 0.766. The Hall–Kier alpha value is -0.130. The van der Waals surface area contributed by atoms with Gasteiger partial charge in [-0.3, -0.25) is 4.90 Å². The molecule has 5 heteroatoms. The van der Waals surface area contributed by atoms with Crippen LogP contribution in [0.2, 0.25) is 0 Å². The molecule has 0 aromatic carbocycles. The first kappa shape index (κ1) is 15.3. The maximum absolute atomic E-state index is 11.7. The van der Waals surface area contributed by atoms with E-state index in [1.54, 1.807) is 6.92 Å². The topological polar surface area (TPSA) is 49.4 Å². The number of rotatable bonds is 7. The molecule has 1 saturated heterocycles. The summed E-state index contributed by atoms with van der Waals surface area (Å²) in [6, 6.07) is 1.12. The molecule has 2 fully saturated rings. The Labute approximate surface area is 117 Å². The van der Waals surface area contributed by atoms with Gasteiger partial charge < -0.3 is 5.32 Å². The number of nitrogens with one attached hydrogen (secondary N) is 1. The molecule has 1 aliphatic heterocycles. The average molecular weight is 288 g/mol. The van der Waals surface area contributed by atoms with Gasteiger partial charge in [0.2, 0.25) is 0 Å². The first-order valence-corrected chi connectivity index (χ1v) is 9.55. The van der Waals surface area contributed by atoms with Gasteiger partial charge in [-0.05, 0) is 25.2 Å². The summed E-state index contributed by atoms with van der Waals surface area (Å²) in [5.41, 5.74) is 0. The third-order valence-electron chi connectivity index (χ3n) is 4.47. The third-order valence-corrected chi connectivity index (χ3v) is 6.16. The van der Waals surface area contributed by atoms with Gasteiger partial charge in [0.25, 0.3) is 0 Å². The molecule has 0 aromatic heterocycles. The zero-order valence-corrected chi connectivity index (χ0v) is 13.1. The largest absolute Gasteiger partial charge is 0.311 e. The van der Waals surface area contributed by atoms with Crippen LogP contribution < -0.4 is 5.32 Å². The molecule has 0 amide bonds. The van der Waals surface area contributed by atoms with Crippen LogP contribution in [0.3, 0.4) is 0 Å². The van der Waals surface area contributed by atoms with Gasteiger partial charge in [0.05, 0.1) is 5.75 Å². The summed E-state index contributed by atoms with van der Waals surface area (Å²) in [7, 11) is -2.84. The van der Waals surface area contributed by atoms with Crippen LogP contribution in [0.25, 0.3) is 0 Å². The molecule has 0 spiro atoms. The molecule has 0 bridgehead atoms. The van der Waals surface area contributed by atoms with Gasteiger partial charge in [0.15, 0.2) is 9.84 Å². The van der Waals surface area contributed by atoms with Crippen molar-refractivity contribution in [2.45, 2.75) is 51.6 Å². The van der Waals surface area contributed by atoms with Crippen molar-refractivity contribution in [2.24, 2.45) is 5.92 Å². The lowest BCUT2D eigenvalue weighted by Gasteiger charge is -2.40. The SMILES string of the molecule is CCCC1CN(CCS(=O)(=O)CC)C(C2CC2)CN1. The molecule has 1 aliphatic carbocycles. The lowest BCUT2D eigenvalue weighted by atomic mass is 10.0. The fraction of sp³-hybridized carbons (Fsp3) is 1.00. The summed E-state index contributed by atoms with van der Waals surface area (Å²) in [5.74, 6) is 1.40. The molecule has 1 saturated carbocycles. The second kappa shape index (κ2) is 6.55. The first-order chi connectivity index (χ1) is 9.05. The normalized spacial score (nSPS) is 29.6. The van der Waals surface area contributed by atoms with Gasteiger partial charge in [0.1, 0.15) is 0 Å². The van der Waals surface area contributed by atoms with E-state index in [2.05, 4.69) is 17.1 Å². The van der Waals surface area contributed by atoms with E-state index in [1.807, 2.05) is 0 Å². The molecule has 0 radical (unpaired) electrons. The summed E-state index contributed by atoms with van der Waals surface area (Å²) in [6.45, 7) is 6.74. The smallest absolute Gasteiger partial charge is 0.151 e.